The quantitative estimate of drug-likeness (QED) is 0.591. The van der Waals surface area contributed by atoms with Crippen LogP contribution in [-0.4, -0.2) is 22.4 Å². The van der Waals surface area contributed by atoms with Gasteiger partial charge in [-0.1, -0.05) is 19.8 Å². The molecule has 0 heterocycles. The number of nitrogens with two attached hydrogens (primary N) is 1. The normalized spacial score (nSPS) is 11.2. The fourth-order valence-corrected chi connectivity index (χ4v) is 0.526. The standard InChI is InChI=1S/C6H15N.CH2O3/c1-3-4-5-6(2)7;2-1(3)4/h6H,3-5,7H2,1-2H3;(H2,2,3,4). The highest BCUT2D eigenvalue weighted by Crippen LogP contribution is 1.95. The average Bonchev–Trinajstić information content (AvgIpc) is 1.82. The minimum atomic E-state index is -1.83. The van der Waals surface area contributed by atoms with Crippen molar-refractivity contribution in [1.82, 2.24) is 0 Å². The van der Waals surface area contributed by atoms with Crippen molar-refractivity contribution >= 4 is 6.16 Å². The molecule has 0 aliphatic heterocycles. The molecule has 0 bridgehead atoms. The Morgan fingerprint density at radius 1 is 1.55 bits per heavy atom. The van der Waals surface area contributed by atoms with Crippen LogP contribution in [0.15, 0.2) is 0 Å². The SMILES string of the molecule is CCCCC(C)N.O=C(O)O. The molecule has 0 aromatic rings. The van der Waals surface area contributed by atoms with E-state index in [0.717, 1.165) is 0 Å². The maximum Gasteiger partial charge on any atom is 0.503 e. The van der Waals surface area contributed by atoms with Gasteiger partial charge in [0.05, 0.1) is 0 Å². The third-order valence-electron chi connectivity index (χ3n) is 1.01. The molecule has 0 saturated heterocycles. The van der Waals surface area contributed by atoms with E-state index in [1.165, 1.54) is 19.3 Å². The summed E-state index contributed by atoms with van der Waals surface area (Å²) in [6.07, 6.45) is 1.88. The van der Waals surface area contributed by atoms with Crippen LogP contribution in [0.2, 0.25) is 0 Å². The molecule has 0 amide bonds. The monoisotopic (exact) mass is 163 g/mol. The molecule has 1 atom stereocenters. The molecule has 4 nitrogen and oxygen atoms in total. The molecule has 4 heteroatoms. The average molecular weight is 163 g/mol. The molecule has 0 aromatic carbocycles. The van der Waals surface area contributed by atoms with E-state index in [2.05, 4.69) is 13.8 Å². The lowest BCUT2D eigenvalue weighted by Gasteiger charge is -1.99. The van der Waals surface area contributed by atoms with Gasteiger partial charge in [0.25, 0.3) is 0 Å². The summed E-state index contributed by atoms with van der Waals surface area (Å²) in [6, 6.07) is 0.403. The predicted molar refractivity (Wildman–Crippen MR) is 43.8 cm³/mol. The van der Waals surface area contributed by atoms with Crippen LogP contribution in [0, 0.1) is 0 Å². The van der Waals surface area contributed by atoms with Crippen molar-refractivity contribution < 1.29 is 15.0 Å². The Morgan fingerprint density at radius 3 is 2.00 bits per heavy atom. The molecule has 0 aliphatic rings. The van der Waals surface area contributed by atoms with Crippen molar-refractivity contribution in [3.8, 4) is 0 Å². The van der Waals surface area contributed by atoms with Crippen molar-refractivity contribution in [3.63, 3.8) is 0 Å². The Morgan fingerprint density at radius 2 is 1.91 bits per heavy atom. The highest BCUT2D eigenvalue weighted by atomic mass is 16.6. The highest BCUT2D eigenvalue weighted by molar-refractivity contribution is 5.53. The van der Waals surface area contributed by atoms with Crippen molar-refractivity contribution in [1.29, 1.82) is 0 Å². The fourth-order valence-electron chi connectivity index (χ4n) is 0.526. The van der Waals surface area contributed by atoms with E-state index in [1.807, 2.05) is 0 Å². The number of rotatable bonds is 3. The third-order valence-corrected chi connectivity index (χ3v) is 1.01. The van der Waals surface area contributed by atoms with E-state index in [4.69, 9.17) is 20.7 Å². The Kier molecular flexibility index (Phi) is 10.8. The van der Waals surface area contributed by atoms with Crippen LogP contribution < -0.4 is 5.73 Å². The first-order valence-electron chi connectivity index (χ1n) is 3.68. The summed E-state index contributed by atoms with van der Waals surface area (Å²) in [6.45, 7) is 4.23. The second kappa shape index (κ2) is 9.23. The van der Waals surface area contributed by atoms with Gasteiger partial charge in [0.1, 0.15) is 0 Å². The fraction of sp³-hybridized carbons (Fsp3) is 0.857. The van der Waals surface area contributed by atoms with Gasteiger partial charge < -0.3 is 15.9 Å². The zero-order valence-corrected chi connectivity index (χ0v) is 7.08. The number of hydrogen-bond acceptors (Lipinski definition) is 2. The summed E-state index contributed by atoms with van der Waals surface area (Å²) >= 11 is 0. The van der Waals surface area contributed by atoms with Crippen LogP contribution in [0.3, 0.4) is 0 Å². The maximum absolute atomic E-state index is 8.56. The Labute approximate surface area is 67.0 Å². The van der Waals surface area contributed by atoms with Gasteiger partial charge in [-0.25, -0.2) is 4.79 Å². The van der Waals surface area contributed by atoms with E-state index in [9.17, 15) is 0 Å². The number of unbranched alkanes of at least 4 members (excludes halogenated alkanes) is 1. The van der Waals surface area contributed by atoms with Gasteiger partial charge in [-0.2, -0.15) is 0 Å². The lowest BCUT2D eigenvalue weighted by atomic mass is 10.2. The molecule has 68 valence electrons. The maximum atomic E-state index is 8.56. The third kappa shape index (κ3) is 46.2. The Balaban J connectivity index is 0. The second-order valence-electron chi connectivity index (χ2n) is 2.40. The van der Waals surface area contributed by atoms with Gasteiger partial charge in [0.15, 0.2) is 0 Å². The summed E-state index contributed by atoms with van der Waals surface area (Å²) in [4.78, 5) is 8.56. The minimum Gasteiger partial charge on any atom is -0.450 e. The smallest absolute Gasteiger partial charge is 0.450 e. The summed E-state index contributed by atoms with van der Waals surface area (Å²) in [7, 11) is 0. The minimum absolute atomic E-state index is 0.403. The van der Waals surface area contributed by atoms with E-state index in [-0.39, 0.29) is 0 Å². The molecular weight excluding hydrogens is 146 g/mol. The van der Waals surface area contributed by atoms with Crippen LogP contribution in [0.25, 0.3) is 0 Å². The molecule has 0 fully saturated rings. The molecule has 1 unspecified atom stereocenters. The summed E-state index contributed by atoms with van der Waals surface area (Å²) in [5, 5.41) is 13.9. The molecule has 0 spiro atoms. The van der Waals surface area contributed by atoms with Gasteiger partial charge >= 0.3 is 6.16 Å². The Hall–Kier alpha value is -0.770. The first-order valence-corrected chi connectivity index (χ1v) is 3.68. The van der Waals surface area contributed by atoms with E-state index >= 15 is 0 Å². The van der Waals surface area contributed by atoms with Gasteiger partial charge in [-0.05, 0) is 13.3 Å². The lowest BCUT2D eigenvalue weighted by Crippen LogP contribution is -2.13. The summed E-state index contributed by atoms with van der Waals surface area (Å²) in [5.41, 5.74) is 5.48. The van der Waals surface area contributed by atoms with Crippen molar-refractivity contribution in [3.05, 3.63) is 0 Å². The van der Waals surface area contributed by atoms with Crippen LogP contribution in [0.1, 0.15) is 33.1 Å². The van der Waals surface area contributed by atoms with E-state index < -0.39 is 6.16 Å². The topological polar surface area (TPSA) is 83.6 Å². The van der Waals surface area contributed by atoms with Gasteiger partial charge in [-0.3, -0.25) is 0 Å². The molecule has 0 aromatic heterocycles. The summed E-state index contributed by atoms with van der Waals surface area (Å²) in [5.74, 6) is 0. The van der Waals surface area contributed by atoms with E-state index in [0.29, 0.717) is 6.04 Å². The van der Waals surface area contributed by atoms with Crippen LogP contribution in [0.5, 0.6) is 0 Å². The molecule has 0 radical (unpaired) electrons. The number of hydrogen-bond donors (Lipinski definition) is 3. The van der Waals surface area contributed by atoms with Crippen molar-refractivity contribution in [2.45, 2.75) is 39.2 Å². The summed E-state index contributed by atoms with van der Waals surface area (Å²) < 4.78 is 0. The number of carbonyl (C=O) groups is 1. The van der Waals surface area contributed by atoms with Crippen molar-refractivity contribution in [2.24, 2.45) is 5.73 Å². The highest BCUT2D eigenvalue weighted by Gasteiger charge is 1.88. The molecule has 11 heavy (non-hydrogen) atoms. The largest absolute Gasteiger partial charge is 0.503 e. The lowest BCUT2D eigenvalue weighted by molar-refractivity contribution is 0.137. The van der Waals surface area contributed by atoms with Crippen LogP contribution in [0.4, 0.5) is 4.79 Å². The zero-order valence-electron chi connectivity index (χ0n) is 7.08. The van der Waals surface area contributed by atoms with Crippen molar-refractivity contribution in [2.75, 3.05) is 0 Å². The van der Waals surface area contributed by atoms with Gasteiger partial charge in [0.2, 0.25) is 0 Å². The van der Waals surface area contributed by atoms with Crippen LogP contribution >= 0.6 is 0 Å². The second-order valence-corrected chi connectivity index (χ2v) is 2.40. The molecule has 4 N–H and O–H groups in total. The molecule has 0 saturated carbocycles. The van der Waals surface area contributed by atoms with Gasteiger partial charge in [-0.15, -0.1) is 0 Å². The van der Waals surface area contributed by atoms with Gasteiger partial charge in [0, 0.05) is 6.04 Å². The predicted octanol–water partition coefficient (Wildman–Crippen LogP) is 1.75. The zero-order chi connectivity index (χ0) is 9.28. The number of carboxylic acid groups (broad SMARTS) is 2. The first-order chi connectivity index (χ1) is 5.00. The Bertz CT molecular complexity index is 89.7. The first kappa shape index (κ1) is 12.9. The molecular formula is C7H17NO3. The molecule has 0 rings (SSSR count). The van der Waals surface area contributed by atoms with E-state index in [1.54, 1.807) is 0 Å². The van der Waals surface area contributed by atoms with Crippen LogP contribution in [-0.2, 0) is 0 Å². The molecule has 0 aliphatic carbocycles.